The molecule has 0 spiro atoms. The fourth-order valence-electron chi connectivity index (χ4n) is 1.99. The molecule has 1 saturated heterocycles. The van der Waals surface area contributed by atoms with E-state index in [0.29, 0.717) is 6.61 Å². The first-order chi connectivity index (χ1) is 6.86. The van der Waals surface area contributed by atoms with Crippen molar-refractivity contribution in [2.75, 3.05) is 6.61 Å². The molecule has 0 aromatic carbocycles. The van der Waals surface area contributed by atoms with Crippen LogP contribution in [0.2, 0.25) is 0 Å². The maximum Gasteiger partial charge on any atom is 0.334 e. The maximum absolute atomic E-state index is 11.1. The Labute approximate surface area is 84.6 Å². The molecule has 0 aromatic heterocycles. The summed E-state index contributed by atoms with van der Waals surface area (Å²) in [5, 5.41) is 0. The van der Waals surface area contributed by atoms with Crippen LogP contribution in [0.25, 0.3) is 0 Å². The normalized spacial score (nSPS) is 25.3. The summed E-state index contributed by atoms with van der Waals surface area (Å²) in [5.41, 5.74) is 2.33. The molecule has 1 aliphatic heterocycles. The Hall–Kier alpha value is -1.05. The summed E-state index contributed by atoms with van der Waals surface area (Å²) in [5.74, 6) is -0.127. The fourth-order valence-corrected chi connectivity index (χ4v) is 1.99. The van der Waals surface area contributed by atoms with Gasteiger partial charge in [-0.1, -0.05) is 24.1 Å². The van der Waals surface area contributed by atoms with Crippen LogP contribution in [0, 0.1) is 0 Å². The quantitative estimate of drug-likeness (QED) is 0.471. The summed E-state index contributed by atoms with van der Waals surface area (Å²) in [7, 11) is 0. The van der Waals surface area contributed by atoms with Gasteiger partial charge in [-0.15, -0.1) is 0 Å². The molecule has 1 saturated carbocycles. The van der Waals surface area contributed by atoms with Crippen LogP contribution in [-0.2, 0) is 9.53 Å². The summed E-state index contributed by atoms with van der Waals surface area (Å²) in [6.45, 7) is 0.563. The molecule has 2 nitrogen and oxygen atoms in total. The van der Waals surface area contributed by atoms with Crippen LogP contribution in [0.5, 0.6) is 0 Å². The summed E-state index contributed by atoms with van der Waals surface area (Å²) >= 11 is 0. The standard InChI is InChI=1S/C12H16O2/c13-12-11(8-9-14-12)7-6-10-4-2-1-3-5-10/h6-7H,1-5,8-9H2/b11-7+. The van der Waals surface area contributed by atoms with Gasteiger partial charge in [-0.3, -0.25) is 0 Å². The lowest BCUT2D eigenvalue weighted by Gasteiger charge is -2.12. The van der Waals surface area contributed by atoms with Crippen LogP contribution in [0.1, 0.15) is 38.5 Å². The Bertz CT molecular complexity index is 279. The van der Waals surface area contributed by atoms with Crippen molar-refractivity contribution in [1.82, 2.24) is 0 Å². The summed E-state index contributed by atoms with van der Waals surface area (Å²) in [6, 6.07) is 0. The van der Waals surface area contributed by atoms with Gasteiger partial charge in [0, 0.05) is 12.0 Å². The Kier molecular flexibility index (Phi) is 3.02. The van der Waals surface area contributed by atoms with Gasteiger partial charge < -0.3 is 4.74 Å². The van der Waals surface area contributed by atoms with E-state index >= 15 is 0 Å². The van der Waals surface area contributed by atoms with Crippen molar-refractivity contribution in [3.63, 3.8) is 0 Å². The second-order valence-electron chi connectivity index (χ2n) is 3.96. The van der Waals surface area contributed by atoms with E-state index in [4.69, 9.17) is 4.74 Å². The Morgan fingerprint density at radius 1 is 1.00 bits per heavy atom. The van der Waals surface area contributed by atoms with E-state index in [1.165, 1.54) is 37.7 Å². The SMILES string of the molecule is O=C1OCC/C1=C\C=C1CCCCC1. The molecule has 0 radical (unpaired) electrons. The highest BCUT2D eigenvalue weighted by Crippen LogP contribution is 2.23. The Morgan fingerprint density at radius 3 is 2.43 bits per heavy atom. The lowest BCUT2D eigenvalue weighted by molar-refractivity contribution is -0.135. The van der Waals surface area contributed by atoms with Gasteiger partial charge in [-0.2, -0.15) is 0 Å². The molecule has 1 heterocycles. The molecule has 76 valence electrons. The molecular weight excluding hydrogens is 176 g/mol. The molecule has 0 amide bonds. The first-order valence-electron chi connectivity index (χ1n) is 5.42. The highest BCUT2D eigenvalue weighted by atomic mass is 16.5. The molecule has 0 bridgehead atoms. The number of cyclic esters (lactones) is 1. The molecule has 0 atom stereocenters. The van der Waals surface area contributed by atoms with Gasteiger partial charge in [0.05, 0.1) is 6.61 Å². The number of hydrogen-bond donors (Lipinski definition) is 0. The van der Waals surface area contributed by atoms with Gasteiger partial charge >= 0.3 is 5.97 Å². The second-order valence-corrected chi connectivity index (χ2v) is 3.96. The largest absolute Gasteiger partial charge is 0.462 e. The number of esters is 1. The van der Waals surface area contributed by atoms with Gasteiger partial charge in [0.25, 0.3) is 0 Å². The Balaban J connectivity index is 1.99. The molecule has 0 N–H and O–H groups in total. The van der Waals surface area contributed by atoms with Crippen molar-refractivity contribution >= 4 is 5.97 Å². The molecule has 14 heavy (non-hydrogen) atoms. The van der Waals surface area contributed by atoms with Crippen LogP contribution in [0.15, 0.2) is 23.3 Å². The minimum absolute atomic E-state index is 0.127. The van der Waals surface area contributed by atoms with E-state index in [2.05, 4.69) is 6.08 Å². The average Bonchev–Trinajstić information content (AvgIpc) is 2.63. The van der Waals surface area contributed by atoms with E-state index in [1.54, 1.807) is 0 Å². The van der Waals surface area contributed by atoms with Crippen molar-refractivity contribution in [2.24, 2.45) is 0 Å². The van der Waals surface area contributed by atoms with E-state index in [1.807, 2.05) is 6.08 Å². The van der Waals surface area contributed by atoms with Crippen molar-refractivity contribution in [3.8, 4) is 0 Å². The fraction of sp³-hybridized carbons (Fsp3) is 0.583. The number of hydrogen-bond acceptors (Lipinski definition) is 2. The number of rotatable bonds is 1. The molecule has 2 heteroatoms. The predicted molar refractivity (Wildman–Crippen MR) is 54.8 cm³/mol. The van der Waals surface area contributed by atoms with E-state index < -0.39 is 0 Å². The minimum Gasteiger partial charge on any atom is -0.462 e. The van der Waals surface area contributed by atoms with Gasteiger partial charge in [0.1, 0.15) is 0 Å². The van der Waals surface area contributed by atoms with Crippen molar-refractivity contribution in [2.45, 2.75) is 38.5 Å². The number of ether oxygens (including phenoxy) is 1. The first-order valence-corrected chi connectivity index (χ1v) is 5.42. The molecule has 2 rings (SSSR count). The van der Waals surface area contributed by atoms with Gasteiger partial charge in [0.2, 0.25) is 0 Å². The summed E-state index contributed by atoms with van der Waals surface area (Å²) in [4.78, 5) is 11.1. The third kappa shape index (κ3) is 2.25. The smallest absolute Gasteiger partial charge is 0.334 e. The van der Waals surface area contributed by atoms with Crippen molar-refractivity contribution in [3.05, 3.63) is 23.3 Å². The number of carbonyl (C=O) groups is 1. The van der Waals surface area contributed by atoms with Crippen LogP contribution in [-0.4, -0.2) is 12.6 Å². The summed E-state index contributed by atoms with van der Waals surface area (Å²) in [6.07, 6.45) is 11.2. The van der Waals surface area contributed by atoms with Crippen LogP contribution in [0.3, 0.4) is 0 Å². The predicted octanol–water partition coefficient (Wildman–Crippen LogP) is 2.75. The van der Waals surface area contributed by atoms with Gasteiger partial charge in [-0.25, -0.2) is 4.79 Å². The molecule has 2 aliphatic rings. The lowest BCUT2D eigenvalue weighted by Crippen LogP contribution is -1.95. The zero-order valence-electron chi connectivity index (χ0n) is 8.42. The number of carbonyl (C=O) groups excluding carboxylic acids is 1. The molecule has 1 aliphatic carbocycles. The third-order valence-corrected chi connectivity index (χ3v) is 2.88. The molecular formula is C12H16O2. The van der Waals surface area contributed by atoms with Crippen LogP contribution >= 0.6 is 0 Å². The topological polar surface area (TPSA) is 26.3 Å². The maximum atomic E-state index is 11.1. The Morgan fingerprint density at radius 2 is 1.79 bits per heavy atom. The van der Waals surface area contributed by atoms with E-state index in [9.17, 15) is 4.79 Å². The lowest BCUT2D eigenvalue weighted by atomic mass is 9.94. The first kappa shape index (κ1) is 9.50. The van der Waals surface area contributed by atoms with Gasteiger partial charge in [-0.05, 0) is 25.7 Å². The number of allylic oxidation sites excluding steroid dienone is 3. The highest BCUT2D eigenvalue weighted by Gasteiger charge is 2.17. The zero-order chi connectivity index (χ0) is 9.80. The second kappa shape index (κ2) is 4.45. The van der Waals surface area contributed by atoms with Crippen molar-refractivity contribution < 1.29 is 9.53 Å². The highest BCUT2D eigenvalue weighted by molar-refractivity contribution is 5.90. The monoisotopic (exact) mass is 192 g/mol. The zero-order valence-corrected chi connectivity index (χ0v) is 8.42. The molecule has 0 unspecified atom stereocenters. The van der Waals surface area contributed by atoms with Crippen LogP contribution in [0.4, 0.5) is 0 Å². The van der Waals surface area contributed by atoms with E-state index in [0.717, 1.165) is 12.0 Å². The third-order valence-electron chi connectivity index (χ3n) is 2.88. The summed E-state index contributed by atoms with van der Waals surface area (Å²) < 4.78 is 4.87. The van der Waals surface area contributed by atoms with Crippen LogP contribution < -0.4 is 0 Å². The molecule has 2 fully saturated rings. The molecule has 0 aromatic rings. The average molecular weight is 192 g/mol. The van der Waals surface area contributed by atoms with Gasteiger partial charge in [0.15, 0.2) is 0 Å². The minimum atomic E-state index is -0.127. The van der Waals surface area contributed by atoms with E-state index in [-0.39, 0.29) is 5.97 Å². The van der Waals surface area contributed by atoms with Crippen molar-refractivity contribution in [1.29, 1.82) is 0 Å².